The molecule has 4 rings (SSSR count). The van der Waals surface area contributed by atoms with Crippen molar-refractivity contribution in [3.63, 3.8) is 0 Å². The predicted molar refractivity (Wildman–Crippen MR) is 138 cm³/mol. The van der Waals surface area contributed by atoms with Crippen molar-refractivity contribution >= 4 is 63.3 Å². The first-order chi connectivity index (χ1) is 16.7. The summed E-state index contributed by atoms with van der Waals surface area (Å²) >= 11 is 12.2. The third-order valence-electron chi connectivity index (χ3n) is 6.13. The minimum atomic E-state index is -1.73. The molecule has 0 bridgehead atoms. The lowest BCUT2D eigenvalue weighted by molar-refractivity contribution is -0.124. The van der Waals surface area contributed by atoms with Crippen LogP contribution in [0.5, 0.6) is 0 Å². The van der Waals surface area contributed by atoms with E-state index in [0.29, 0.717) is 46.6 Å². The number of carbonyl (C=O) groups excluding carboxylic acids is 3. The van der Waals surface area contributed by atoms with Gasteiger partial charge < -0.3 is 10.2 Å². The van der Waals surface area contributed by atoms with Gasteiger partial charge in [-0.2, -0.15) is 0 Å². The largest absolute Gasteiger partial charge is 0.357 e. The first kappa shape index (κ1) is 25.5. The van der Waals surface area contributed by atoms with E-state index in [1.54, 1.807) is 47.2 Å². The number of carbonyl (C=O) groups is 3. The van der Waals surface area contributed by atoms with E-state index in [1.807, 2.05) is 6.07 Å². The fourth-order valence-electron chi connectivity index (χ4n) is 4.54. The molecule has 0 saturated carbocycles. The summed E-state index contributed by atoms with van der Waals surface area (Å²) in [6.07, 6.45) is 2.03. The number of likely N-dealkylation sites (N-methyl/N-ethyl adjacent to an activating group) is 1. The van der Waals surface area contributed by atoms with Crippen LogP contribution in [-0.4, -0.2) is 59.6 Å². The Morgan fingerprint density at radius 1 is 1.11 bits per heavy atom. The average molecular weight is 537 g/mol. The monoisotopic (exact) mass is 536 g/mol. The van der Waals surface area contributed by atoms with Crippen LogP contribution in [0, 0.1) is 0 Å². The summed E-state index contributed by atoms with van der Waals surface area (Å²) in [4.78, 5) is 41.2. The molecular formula is C24H26Cl2N4O4S. The summed E-state index contributed by atoms with van der Waals surface area (Å²) in [5.74, 6) is -0.313. The second-order valence-corrected chi connectivity index (χ2v) is 10.8. The molecule has 8 nitrogen and oxygen atoms in total. The topological polar surface area (TPSA) is 90.0 Å². The maximum atomic E-state index is 13.4. The van der Waals surface area contributed by atoms with Crippen molar-refractivity contribution in [1.82, 2.24) is 10.2 Å². The van der Waals surface area contributed by atoms with Gasteiger partial charge in [0.1, 0.15) is 11.8 Å². The van der Waals surface area contributed by atoms with Crippen molar-refractivity contribution < 1.29 is 18.6 Å². The van der Waals surface area contributed by atoms with Crippen LogP contribution < -0.4 is 14.5 Å². The molecule has 2 heterocycles. The SMILES string of the molecule is CNC(=O)C1CCCN1C(=O)N1CCc2cc(N(CC(C)=O)S(=O)c3cc(Cl)cc(Cl)c3)ccc21. The number of likely N-dealkylation sites (tertiary alicyclic amines) is 1. The zero-order valence-corrected chi connectivity index (χ0v) is 21.8. The summed E-state index contributed by atoms with van der Waals surface area (Å²) in [5.41, 5.74) is 2.24. The van der Waals surface area contributed by atoms with Crippen molar-refractivity contribution in [1.29, 1.82) is 0 Å². The van der Waals surface area contributed by atoms with E-state index < -0.39 is 17.0 Å². The molecule has 0 spiro atoms. The molecule has 2 atom stereocenters. The number of anilines is 2. The molecule has 1 saturated heterocycles. The Balaban J connectivity index is 1.61. The van der Waals surface area contributed by atoms with E-state index in [4.69, 9.17) is 23.2 Å². The summed E-state index contributed by atoms with van der Waals surface area (Å²) in [7, 11) is -0.156. The highest BCUT2D eigenvalue weighted by Gasteiger charge is 2.38. The molecule has 2 aliphatic rings. The third kappa shape index (κ3) is 5.32. The summed E-state index contributed by atoms with van der Waals surface area (Å²) in [6, 6.07) is 9.42. The van der Waals surface area contributed by atoms with Gasteiger partial charge in [-0.05, 0) is 68.1 Å². The van der Waals surface area contributed by atoms with Gasteiger partial charge in [0.15, 0.2) is 11.0 Å². The van der Waals surface area contributed by atoms with E-state index in [-0.39, 0.29) is 24.3 Å². The summed E-state index contributed by atoms with van der Waals surface area (Å²) in [5, 5.41) is 3.34. The predicted octanol–water partition coefficient (Wildman–Crippen LogP) is 3.80. The van der Waals surface area contributed by atoms with Gasteiger partial charge in [0.2, 0.25) is 5.91 Å². The van der Waals surface area contributed by atoms with Crippen molar-refractivity contribution in [2.45, 2.75) is 37.1 Å². The number of hydrogen-bond acceptors (Lipinski definition) is 4. The molecule has 2 aromatic rings. The van der Waals surface area contributed by atoms with Gasteiger partial charge in [-0.25, -0.2) is 9.00 Å². The van der Waals surface area contributed by atoms with E-state index in [9.17, 15) is 18.6 Å². The average Bonchev–Trinajstić information content (AvgIpc) is 3.47. The van der Waals surface area contributed by atoms with Crippen LogP contribution in [-0.2, 0) is 27.0 Å². The van der Waals surface area contributed by atoms with E-state index >= 15 is 0 Å². The lowest BCUT2D eigenvalue weighted by Gasteiger charge is -2.29. The molecule has 35 heavy (non-hydrogen) atoms. The molecular weight excluding hydrogens is 511 g/mol. The Morgan fingerprint density at radius 2 is 1.83 bits per heavy atom. The van der Waals surface area contributed by atoms with Crippen LogP contribution in [0.1, 0.15) is 25.3 Å². The van der Waals surface area contributed by atoms with E-state index in [1.165, 1.54) is 11.2 Å². The molecule has 0 radical (unpaired) electrons. The number of urea groups is 1. The molecule has 11 heteroatoms. The smallest absolute Gasteiger partial charge is 0.325 e. The second-order valence-electron chi connectivity index (χ2n) is 8.56. The normalized spacial score (nSPS) is 17.8. The number of hydrogen-bond donors (Lipinski definition) is 1. The Kier molecular flexibility index (Phi) is 7.68. The molecule has 0 aromatic heterocycles. The van der Waals surface area contributed by atoms with Crippen LogP contribution in [0.2, 0.25) is 10.0 Å². The minimum absolute atomic E-state index is 0.0697. The molecule has 2 unspecified atom stereocenters. The van der Waals surface area contributed by atoms with Crippen LogP contribution in [0.15, 0.2) is 41.3 Å². The van der Waals surface area contributed by atoms with E-state index in [0.717, 1.165) is 17.7 Å². The molecule has 2 aliphatic heterocycles. The quantitative estimate of drug-likeness (QED) is 0.607. The minimum Gasteiger partial charge on any atom is -0.357 e. The number of nitrogens with one attached hydrogen (secondary N) is 1. The number of amides is 3. The first-order valence-electron chi connectivity index (χ1n) is 11.3. The standard InChI is InChI=1S/C24H26Cl2N4O4S/c1-15(31)14-30(35(34)20-12-17(25)11-18(26)13-20)19-5-6-21-16(10-19)7-9-29(21)24(33)28-8-3-4-22(28)23(32)27-2/h5-6,10-13,22H,3-4,7-9,14H2,1-2H3,(H,27,32). The third-order valence-corrected chi connectivity index (χ3v) is 7.94. The van der Waals surface area contributed by atoms with Gasteiger partial charge in [-0.3, -0.25) is 18.8 Å². The molecule has 1 fully saturated rings. The lowest BCUT2D eigenvalue weighted by atomic mass is 10.1. The van der Waals surface area contributed by atoms with Crippen LogP contribution >= 0.6 is 23.2 Å². The van der Waals surface area contributed by atoms with Crippen molar-refractivity contribution in [3.8, 4) is 0 Å². The first-order valence-corrected chi connectivity index (χ1v) is 13.1. The lowest BCUT2D eigenvalue weighted by Crippen LogP contribution is -2.50. The van der Waals surface area contributed by atoms with Crippen LogP contribution in [0.3, 0.4) is 0 Å². The molecule has 3 amide bonds. The highest BCUT2D eigenvalue weighted by atomic mass is 35.5. The van der Waals surface area contributed by atoms with Gasteiger partial charge >= 0.3 is 6.03 Å². The Morgan fingerprint density at radius 3 is 2.49 bits per heavy atom. The van der Waals surface area contributed by atoms with E-state index in [2.05, 4.69) is 5.32 Å². The highest BCUT2D eigenvalue weighted by molar-refractivity contribution is 7.86. The zero-order valence-electron chi connectivity index (χ0n) is 19.4. The van der Waals surface area contributed by atoms with Gasteiger partial charge in [0.25, 0.3) is 0 Å². The summed E-state index contributed by atoms with van der Waals surface area (Å²) < 4.78 is 14.9. The Bertz CT molecular complexity index is 1190. The van der Waals surface area contributed by atoms with Crippen molar-refractivity contribution in [2.24, 2.45) is 0 Å². The highest BCUT2D eigenvalue weighted by Crippen LogP contribution is 2.35. The molecule has 1 N–H and O–H groups in total. The zero-order chi connectivity index (χ0) is 25.3. The summed E-state index contributed by atoms with van der Waals surface area (Å²) in [6.45, 7) is 2.38. The Labute approximate surface area is 216 Å². The number of Topliss-reactive ketones (excluding diaryl/α,β-unsaturated/α-hetero) is 1. The maximum Gasteiger partial charge on any atom is 0.325 e. The van der Waals surface area contributed by atoms with Gasteiger partial charge in [-0.15, -0.1) is 0 Å². The second kappa shape index (κ2) is 10.6. The number of nitrogens with zero attached hydrogens (tertiary/aromatic N) is 3. The molecule has 2 aromatic carbocycles. The number of rotatable bonds is 6. The van der Waals surface area contributed by atoms with Gasteiger partial charge in [-0.1, -0.05) is 23.2 Å². The number of ketones is 1. The fourth-order valence-corrected chi connectivity index (χ4v) is 6.51. The van der Waals surface area contributed by atoms with Crippen molar-refractivity contribution in [3.05, 3.63) is 52.0 Å². The maximum absolute atomic E-state index is 13.4. The van der Waals surface area contributed by atoms with Crippen LogP contribution in [0.4, 0.5) is 16.2 Å². The van der Waals surface area contributed by atoms with Crippen LogP contribution in [0.25, 0.3) is 0 Å². The molecule has 0 aliphatic carbocycles. The fraction of sp³-hybridized carbons (Fsp3) is 0.375. The van der Waals surface area contributed by atoms with Crippen molar-refractivity contribution in [2.75, 3.05) is 35.9 Å². The van der Waals surface area contributed by atoms with Gasteiger partial charge in [0, 0.05) is 35.9 Å². The Hall–Kier alpha value is -2.62. The number of fused-ring (bicyclic) bond motifs is 1. The number of benzene rings is 2. The number of halogens is 2. The van der Waals surface area contributed by atoms with Gasteiger partial charge in [0.05, 0.1) is 17.1 Å². The molecule has 186 valence electrons.